The van der Waals surface area contributed by atoms with E-state index in [0.717, 1.165) is 32.4 Å². The van der Waals surface area contributed by atoms with Crippen molar-refractivity contribution >= 4 is 5.91 Å². The molecule has 0 unspecified atom stereocenters. The van der Waals surface area contributed by atoms with Crippen LogP contribution in [-0.2, 0) is 4.79 Å². The Labute approximate surface area is 93.4 Å². The molecule has 0 saturated heterocycles. The number of nitrogens with two attached hydrogens (primary N) is 1. The van der Waals surface area contributed by atoms with Crippen LogP contribution in [0.25, 0.3) is 0 Å². The van der Waals surface area contributed by atoms with Crippen molar-refractivity contribution in [3.05, 3.63) is 0 Å². The van der Waals surface area contributed by atoms with Crippen molar-refractivity contribution in [2.45, 2.75) is 25.7 Å². The maximum Gasteiger partial charge on any atom is 0.222 e. The summed E-state index contributed by atoms with van der Waals surface area (Å²) in [5, 5.41) is 0. The zero-order valence-corrected chi connectivity index (χ0v) is 10.3. The molecular formula is C11H25N3O. The fourth-order valence-corrected chi connectivity index (χ4v) is 1.36. The predicted octanol–water partition coefficient (Wildman–Crippen LogP) is 0.526. The fourth-order valence-electron chi connectivity index (χ4n) is 1.36. The normalized spacial score (nSPS) is 10.7. The van der Waals surface area contributed by atoms with Gasteiger partial charge in [-0.15, -0.1) is 0 Å². The third-order valence-electron chi connectivity index (χ3n) is 2.37. The highest BCUT2D eigenvalue weighted by Gasteiger charge is 2.07. The summed E-state index contributed by atoms with van der Waals surface area (Å²) in [7, 11) is 5.96. The molecule has 1 amide bonds. The van der Waals surface area contributed by atoms with E-state index in [2.05, 4.69) is 4.90 Å². The molecule has 4 nitrogen and oxygen atoms in total. The van der Waals surface area contributed by atoms with Gasteiger partial charge in [0.25, 0.3) is 0 Å². The lowest BCUT2D eigenvalue weighted by molar-refractivity contribution is -0.130. The number of amides is 1. The first-order valence-electron chi connectivity index (χ1n) is 5.66. The van der Waals surface area contributed by atoms with E-state index in [9.17, 15) is 4.79 Å². The molecule has 4 heteroatoms. The summed E-state index contributed by atoms with van der Waals surface area (Å²) in [5.41, 5.74) is 5.37. The van der Waals surface area contributed by atoms with Crippen LogP contribution < -0.4 is 5.73 Å². The van der Waals surface area contributed by atoms with E-state index in [4.69, 9.17) is 5.73 Å². The molecule has 15 heavy (non-hydrogen) atoms. The van der Waals surface area contributed by atoms with Crippen LogP contribution in [0.4, 0.5) is 0 Å². The van der Waals surface area contributed by atoms with E-state index in [1.807, 2.05) is 26.0 Å². The maximum atomic E-state index is 11.6. The topological polar surface area (TPSA) is 49.6 Å². The molecule has 0 rings (SSSR count). The first-order chi connectivity index (χ1) is 7.07. The smallest absolute Gasteiger partial charge is 0.222 e. The van der Waals surface area contributed by atoms with E-state index < -0.39 is 0 Å². The van der Waals surface area contributed by atoms with Gasteiger partial charge in [0, 0.05) is 20.0 Å². The van der Waals surface area contributed by atoms with Gasteiger partial charge in [-0.3, -0.25) is 4.79 Å². The number of hydrogen-bond donors (Lipinski definition) is 1. The summed E-state index contributed by atoms with van der Waals surface area (Å²) in [6, 6.07) is 0. The standard InChI is InChI=1S/C11H25N3O/c1-13(2)9-6-10-14(3)11(15)7-4-5-8-12/h4-10,12H2,1-3H3. The largest absolute Gasteiger partial charge is 0.346 e. The van der Waals surface area contributed by atoms with Crippen molar-refractivity contribution in [2.75, 3.05) is 40.8 Å². The Balaban J connectivity index is 3.51. The van der Waals surface area contributed by atoms with Crippen molar-refractivity contribution in [3.63, 3.8) is 0 Å². The summed E-state index contributed by atoms with van der Waals surface area (Å²) in [4.78, 5) is 15.5. The average molecular weight is 215 g/mol. The number of rotatable bonds is 8. The Bertz CT molecular complexity index is 171. The van der Waals surface area contributed by atoms with E-state index in [-0.39, 0.29) is 5.91 Å². The molecule has 0 aromatic rings. The summed E-state index contributed by atoms with van der Waals surface area (Å²) in [5.74, 6) is 0.238. The highest BCUT2D eigenvalue weighted by atomic mass is 16.2. The first-order valence-corrected chi connectivity index (χ1v) is 5.66. The third kappa shape index (κ3) is 8.39. The molecule has 90 valence electrons. The van der Waals surface area contributed by atoms with Gasteiger partial charge < -0.3 is 15.5 Å². The molecule has 0 radical (unpaired) electrons. The van der Waals surface area contributed by atoms with Crippen LogP contribution >= 0.6 is 0 Å². The minimum Gasteiger partial charge on any atom is -0.346 e. The molecule has 0 heterocycles. The van der Waals surface area contributed by atoms with Crippen molar-refractivity contribution in [2.24, 2.45) is 5.73 Å². The number of hydrogen-bond acceptors (Lipinski definition) is 3. The van der Waals surface area contributed by atoms with Gasteiger partial charge in [-0.2, -0.15) is 0 Å². The predicted molar refractivity (Wildman–Crippen MR) is 63.7 cm³/mol. The molecule has 0 aliphatic rings. The summed E-state index contributed by atoms with van der Waals surface area (Å²) < 4.78 is 0. The van der Waals surface area contributed by atoms with Gasteiger partial charge in [-0.05, 0) is 46.4 Å². The Morgan fingerprint density at radius 2 is 1.73 bits per heavy atom. The van der Waals surface area contributed by atoms with E-state index >= 15 is 0 Å². The minimum atomic E-state index is 0.238. The van der Waals surface area contributed by atoms with Crippen LogP contribution in [0.3, 0.4) is 0 Å². The molecule has 0 aliphatic heterocycles. The second kappa shape index (κ2) is 8.68. The Morgan fingerprint density at radius 3 is 2.27 bits per heavy atom. The van der Waals surface area contributed by atoms with Crippen LogP contribution in [0, 0.1) is 0 Å². The SMILES string of the molecule is CN(C)CCCN(C)C(=O)CCCCN. The lowest BCUT2D eigenvalue weighted by Crippen LogP contribution is -2.29. The number of carbonyl (C=O) groups is 1. The monoisotopic (exact) mass is 215 g/mol. The van der Waals surface area contributed by atoms with Gasteiger partial charge in [-0.1, -0.05) is 0 Å². The Hall–Kier alpha value is -0.610. The highest BCUT2D eigenvalue weighted by Crippen LogP contribution is 1.99. The molecule has 2 N–H and O–H groups in total. The summed E-state index contributed by atoms with van der Waals surface area (Å²) in [6.07, 6.45) is 3.52. The lowest BCUT2D eigenvalue weighted by Gasteiger charge is -2.18. The molecule has 0 aromatic heterocycles. The zero-order chi connectivity index (χ0) is 11.7. The van der Waals surface area contributed by atoms with Crippen LogP contribution in [0.15, 0.2) is 0 Å². The van der Waals surface area contributed by atoms with E-state index in [0.29, 0.717) is 13.0 Å². The molecule has 0 bridgehead atoms. The van der Waals surface area contributed by atoms with Crippen molar-refractivity contribution in [1.82, 2.24) is 9.80 Å². The molecule has 0 atom stereocenters. The van der Waals surface area contributed by atoms with Crippen molar-refractivity contribution in [1.29, 1.82) is 0 Å². The maximum absolute atomic E-state index is 11.6. The molecule has 0 aliphatic carbocycles. The quantitative estimate of drug-likeness (QED) is 0.601. The minimum absolute atomic E-state index is 0.238. The van der Waals surface area contributed by atoms with Crippen molar-refractivity contribution in [3.8, 4) is 0 Å². The number of carbonyl (C=O) groups excluding carboxylic acids is 1. The zero-order valence-electron chi connectivity index (χ0n) is 10.3. The van der Waals surface area contributed by atoms with Gasteiger partial charge in [0.05, 0.1) is 0 Å². The Kier molecular flexibility index (Phi) is 8.33. The number of unbranched alkanes of at least 4 members (excludes halogenated alkanes) is 1. The lowest BCUT2D eigenvalue weighted by atomic mass is 10.2. The van der Waals surface area contributed by atoms with Gasteiger partial charge in [0.15, 0.2) is 0 Å². The molecule has 0 fully saturated rings. The van der Waals surface area contributed by atoms with Gasteiger partial charge in [0.1, 0.15) is 0 Å². The van der Waals surface area contributed by atoms with Crippen molar-refractivity contribution < 1.29 is 4.79 Å². The number of nitrogens with zero attached hydrogens (tertiary/aromatic N) is 2. The molecule has 0 saturated carbocycles. The second-order valence-electron chi connectivity index (χ2n) is 4.22. The molecule has 0 spiro atoms. The molecule has 0 aromatic carbocycles. The Morgan fingerprint density at radius 1 is 1.07 bits per heavy atom. The van der Waals surface area contributed by atoms with Crippen LogP contribution in [0.5, 0.6) is 0 Å². The highest BCUT2D eigenvalue weighted by molar-refractivity contribution is 5.75. The average Bonchev–Trinajstić information content (AvgIpc) is 2.17. The van der Waals surface area contributed by atoms with E-state index in [1.54, 1.807) is 0 Å². The molecular weight excluding hydrogens is 190 g/mol. The summed E-state index contributed by atoms with van der Waals surface area (Å²) in [6.45, 7) is 2.55. The van der Waals surface area contributed by atoms with Crippen LogP contribution in [0.1, 0.15) is 25.7 Å². The van der Waals surface area contributed by atoms with Gasteiger partial charge in [-0.25, -0.2) is 0 Å². The van der Waals surface area contributed by atoms with Gasteiger partial charge in [0.2, 0.25) is 5.91 Å². The third-order valence-corrected chi connectivity index (χ3v) is 2.37. The van der Waals surface area contributed by atoms with E-state index in [1.165, 1.54) is 0 Å². The van der Waals surface area contributed by atoms with Crippen LogP contribution in [-0.4, -0.2) is 56.5 Å². The fraction of sp³-hybridized carbons (Fsp3) is 0.909. The van der Waals surface area contributed by atoms with Crippen LogP contribution in [0.2, 0.25) is 0 Å². The summed E-state index contributed by atoms with van der Waals surface area (Å²) >= 11 is 0. The second-order valence-corrected chi connectivity index (χ2v) is 4.22. The first kappa shape index (κ1) is 14.4. The van der Waals surface area contributed by atoms with Gasteiger partial charge >= 0.3 is 0 Å².